The maximum atomic E-state index is 13.2. The Hall–Kier alpha value is -2.16. The van der Waals surface area contributed by atoms with Crippen LogP contribution in [0.5, 0.6) is 0 Å². The Balaban J connectivity index is 1.83. The molecule has 1 unspecified atom stereocenters. The second-order valence-electron chi connectivity index (χ2n) is 5.90. The van der Waals surface area contributed by atoms with Crippen LogP contribution in [0.3, 0.4) is 0 Å². The Bertz CT molecular complexity index is 827. The number of aromatic nitrogens is 2. The quantitative estimate of drug-likeness (QED) is 0.817. The number of pyridine rings is 1. The molecule has 1 aliphatic heterocycles. The minimum Gasteiger partial charge on any atom is -0.355 e. The van der Waals surface area contributed by atoms with E-state index in [1.165, 1.54) is 23.6 Å². The predicted molar refractivity (Wildman–Crippen MR) is 88.0 cm³/mol. The van der Waals surface area contributed by atoms with Crippen LogP contribution < -0.4 is 9.70 Å². The number of halogens is 3. The fourth-order valence-electron chi connectivity index (χ4n) is 2.86. The Labute approximate surface area is 146 Å². The second kappa shape index (κ2) is 6.99. The van der Waals surface area contributed by atoms with Crippen LogP contribution in [-0.2, 0) is 18.0 Å². The summed E-state index contributed by atoms with van der Waals surface area (Å²) >= 11 is 1.35. The van der Waals surface area contributed by atoms with Gasteiger partial charge in [0.2, 0.25) is 0 Å². The van der Waals surface area contributed by atoms with E-state index in [9.17, 15) is 18.0 Å². The van der Waals surface area contributed by atoms with Crippen LogP contribution >= 0.6 is 11.3 Å². The molecule has 0 saturated carbocycles. The second-order valence-corrected chi connectivity index (χ2v) is 6.78. The number of piperidine rings is 1. The third-order valence-electron chi connectivity index (χ3n) is 4.13. The van der Waals surface area contributed by atoms with E-state index in [2.05, 4.69) is 9.98 Å². The van der Waals surface area contributed by atoms with Crippen LogP contribution in [0.25, 0.3) is 0 Å². The maximum absolute atomic E-state index is 13.2. The number of hydrogen-bond donors (Lipinski definition) is 0. The van der Waals surface area contributed by atoms with Crippen LogP contribution in [0.1, 0.15) is 18.4 Å². The Morgan fingerprint density at radius 1 is 1.44 bits per heavy atom. The minimum absolute atomic E-state index is 0.117. The van der Waals surface area contributed by atoms with E-state index < -0.39 is 17.7 Å². The monoisotopic (exact) mass is 370 g/mol. The molecular weight excluding hydrogens is 353 g/mol. The molecule has 1 amide bonds. The van der Waals surface area contributed by atoms with Crippen molar-refractivity contribution in [3.8, 4) is 0 Å². The van der Waals surface area contributed by atoms with Gasteiger partial charge < -0.3 is 9.47 Å². The highest BCUT2D eigenvalue weighted by molar-refractivity contribution is 7.07. The highest BCUT2D eigenvalue weighted by Crippen LogP contribution is 2.36. The van der Waals surface area contributed by atoms with Crippen molar-refractivity contribution < 1.29 is 18.0 Å². The van der Waals surface area contributed by atoms with E-state index in [4.69, 9.17) is 0 Å². The summed E-state index contributed by atoms with van der Waals surface area (Å²) in [6.07, 6.45) is -0.104. The van der Waals surface area contributed by atoms with Crippen LogP contribution in [0.4, 0.5) is 19.0 Å². The SMILES string of the molecule is Cn1ccsc1=NC(=O)C1CCCN(c2ncccc2C(F)(F)F)C1. The molecule has 0 spiro atoms. The van der Waals surface area contributed by atoms with Gasteiger partial charge in [-0.2, -0.15) is 18.2 Å². The molecule has 0 bridgehead atoms. The highest BCUT2D eigenvalue weighted by atomic mass is 32.1. The van der Waals surface area contributed by atoms with Gasteiger partial charge in [0.25, 0.3) is 5.91 Å². The highest BCUT2D eigenvalue weighted by Gasteiger charge is 2.37. The molecule has 134 valence electrons. The Kier molecular flexibility index (Phi) is 4.94. The maximum Gasteiger partial charge on any atom is 0.419 e. The lowest BCUT2D eigenvalue weighted by molar-refractivity contribution is -0.137. The van der Waals surface area contributed by atoms with Crippen LogP contribution in [0.15, 0.2) is 34.9 Å². The average molecular weight is 370 g/mol. The number of hydrogen-bond acceptors (Lipinski definition) is 4. The van der Waals surface area contributed by atoms with Gasteiger partial charge in [0.05, 0.1) is 11.5 Å². The molecule has 0 radical (unpaired) electrons. The number of aryl methyl sites for hydroxylation is 1. The first-order chi connectivity index (χ1) is 11.9. The van der Waals surface area contributed by atoms with Gasteiger partial charge in [0.15, 0.2) is 4.80 Å². The molecule has 2 aromatic heterocycles. The van der Waals surface area contributed by atoms with E-state index in [1.807, 2.05) is 5.38 Å². The van der Waals surface area contributed by atoms with Gasteiger partial charge in [-0.25, -0.2) is 4.98 Å². The third-order valence-corrected chi connectivity index (χ3v) is 4.98. The fourth-order valence-corrected chi connectivity index (χ4v) is 3.60. The van der Waals surface area contributed by atoms with Crippen molar-refractivity contribution in [1.29, 1.82) is 0 Å². The summed E-state index contributed by atoms with van der Waals surface area (Å²) in [6.45, 7) is 0.633. The van der Waals surface area contributed by atoms with Crippen molar-refractivity contribution in [2.45, 2.75) is 19.0 Å². The van der Waals surface area contributed by atoms with Crippen molar-refractivity contribution in [2.75, 3.05) is 18.0 Å². The third kappa shape index (κ3) is 3.92. The van der Waals surface area contributed by atoms with E-state index in [0.717, 1.165) is 6.07 Å². The lowest BCUT2D eigenvalue weighted by Gasteiger charge is -2.33. The van der Waals surface area contributed by atoms with E-state index in [1.54, 1.807) is 22.7 Å². The molecule has 1 aliphatic rings. The molecular formula is C16H17F3N4OS. The number of alkyl halides is 3. The summed E-state index contributed by atoms with van der Waals surface area (Å²) in [7, 11) is 1.79. The van der Waals surface area contributed by atoms with Crippen molar-refractivity contribution >= 4 is 23.1 Å². The van der Waals surface area contributed by atoms with Crippen LogP contribution in [-0.4, -0.2) is 28.5 Å². The summed E-state index contributed by atoms with van der Waals surface area (Å²) < 4.78 is 41.3. The zero-order valence-corrected chi connectivity index (χ0v) is 14.3. The number of thiazole rings is 1. The van der Waals surface area contributed by atoms with Gasteiger partial charge >= 0.3 is 6.18 Å². The van der Waals surface area contributed by atoms with Crippen molar-refractivity contribution in [2.24, 2.45) is 18.0 Å². The zero-order chi connectivity index (χ0) is 18.0. The van der Waals surface area contributed by atoms with Crippen LogP contribution in [0, 0.1) is 5.92 Å². The van der Waals surface area contributed by atoms with E-state index in [-0.39, 0.29) is 18.3 Å². The molecule has 2 aromatic rings. The smallest absolute Gasteiger partial charge is 0.355 e. The summed E-state index contributed by atoms with van der Waals surface area (Å²) in [5.41, 5.74) is -0.773. The number of carbonyl (C=O) groups excluding carboxylic acids is 1. The first-order valence-electron chi connectivity index (χ1n) is 7.82. The summed E-state index contributed by atoms with van der Waals surface area (Å²) in [4.78, 5) is 22.6. The van der Waals surface area contributed by atoms with Gasteiger partial charge in [-0.1, -0.05) is 0 Å². The van der Waals surface area contributed by atoms with Gasteiger partial charge in [0.1, 0.15) is 5.82 Å². The van der Waals surface area contributed by atoms with Crippen molar-refractivity contribution in [1.82, 2.24) is 9.55 Å². The normalized spacial score (nSPS) is 19.3. The summed E-state index contributed by atoms with van der Waals surface area (Å²) in [5, 5.41) is 1.82. The lowest BCUT2D eigenvalue weighted by atomic mass is 9.97. The first kappa shape index (κ1) is 17.7. The van der Waals surface area contributed by atoms with E-state index >= 15 is 0 Å². The Morgan fingerprint density at radius 2 is 2.24 bits per heavy atom. The molecule has 0 aromatic carbocycles. The predicted octanol–water partition coefficient (Wildman–Crippen LogP) is 2.84. The number of rotatable bonds is 2. The number of carbonyl (C=O) groups is 1. The molecule has 1 fully saturated rings. The summed E-state index contributed by atoms with van der Waals surface area (Å²) in [6, 6.07) is 2.29. The minimum atomic E-state index is -4.48. The Morgan fingerprint density at radius 3 is 2.92 bits per heavy atom. The standard InChI is InChI=1S/C16H17F3N4OS/c1-22-8-9-25-15(22)21-14(24)11-4-3-7-23(10-11)13-12(16(17,18)19)5-2-6-20-13/h2,5-6,8-9,11H,3-4,7,10H2,1H3. The molecule has 3 rings (SSSR count). The lowest BCUT2D eigenvalue weighted by Crippen LogP contribution is -2.40. The van der Waals surface area contributed by atoms with Gasteiger partial charge in [-0.15, -0.1) is 11.3 Å². The van der Waals surface area contributed by atoms with Crippen molar-refractivity contribution in [3.63, 3.8) is 0 Å². The molecule has 1 atom stereocenters. The molecule has 0 N–H and O–H groups in total. The molecule has 9 heteroatoms. The summed E-state index contributed by atoms with van der Waals surface area (Å²) in [5.74, 6) is -0.847. The largest absolute Gasteiger partial charge is 0.419 e. The van der Waals surface area contributed by atoms with Crippen molar-refractivity contribution in [3.05, 3.63) is 40.3 Å². The fraction of sp³-hybridized carbons (Fsp3) is 0.438. The molecule has 1 saturated heterocycles. The van der Waals surface area contributed by atoms with Crippen LogP contribution in [0.2, 0.25) is 0 Å². The first-order valence-corrected chi connectivity index (χ1v) is 8.70. The van der Waals surface area contributed by atoms with E-state index in [0.29, 0.717) is 24.2 Å². The number of anilines is 1. The topological polar surface area (TPSA) is 50.5 Å². The van der Waals surface area contributed by atoms with Gasteiger partial charge in [-0.05, 0) is 25.0 Å². The molecule has 0 aliphatic carbocycles. The average Bonchev–Trinajstić information content (AvgIpc) is 2.99. The van der Waals surface area contributed by atoms with Gasteiger partial charge in [-0.3, -0.25) is 4.79 Å². The zero-order valence-electron chi connectivity index (χ0n) is 13.5. The molecule has 5 nitrogen and oxygen atoms in total. The van der Waals surface area contributed by atoms with Gasteiger partial charge in [0, 0.05) is 37.9 Å². The number of nitrogens with zero attached hydrogens (tertiary/aromatic N) is 4. The molecule has 3 heterocycles. The molecule has 25 heavy (non-hydrogen) atoms. The number of amides is 1.